The molecule has 0 amide bonds. The van der Waals surface area contributed by atoms with Crippen LogP contribution >= 0.6 is 0 Å². The van der Waals surface area contributed by atoms with Gasteiger partial charge in [0.25, 0.3) is 0 Å². The lowest BCUT2D eigenvalue weighted by atomic mass is 10.0. The molecule has 4 aliphatic heterocycles. The van der Waals surface area contributed by atoms with Crippen LogP contribution in [0.3, 0.4) is 0 Å². The minimum Gasteiger partial charge on any atom is -0.365 e. The van der Waals surface area contributed by atoms with Gasteiger partial charge in [-0.3, -0.25) is 9.97 Å². The smallest absolute Gasteiger partial charge is 0.0986 e. The summed E-state index contributed by atoms with van der Waals surface area (Å²) < 4.78 is 0. The standard InChI is InChI=1S/C24H26N4/c1-2-16-4-3-15(1)27(16)21-11-13-25-23-19(21)9-10-20-22(12-14-26-24(20)23)28-17-5-6-18(28)8-7-17/h9-18H,1-8H2. The van der Waals surface area contributed by atoms with Gasteiger partial charge in [0.15, 0.2) is 0 Å². The lowest BCUT2D eigenvalue weighted by Gasteiger charge is -2.27. The molecular formula is C24H26N4. The van der Waals surface area contributed by atoms with E-state index in [1.54, 1.807) is 0 Å². The van der Waals surface area contributed by atoms with E-state index in [-0.39, 0.29) is 0 Å². The molecule has 0 saturated carbocycles. The Balaban J connectivity index is 1.43. The van der Waals surface area contributed by atoms with E-state index in [1.807, 2.05) is 12.4 Å². The van der Waals surface area contributed by atoms with Crippen molar-refractivity contribution in [3.8, 4) is 0 Å². The molecule has 0 unspecified atom stereocenters. The molecule has 6 heterocycles. The highest BCUT2D eigenvalue weighted by Gasteiger charge is 2.41. The van der Waals surface area contributed by atoms with Crippen LogP contribution < -0.4 is 9.80 Å². The summed E-state index contributed by atoms with van der Waals surface area (Å²) in [6.07, 6.45) is 14.8. The van der Waals surface area contributed by atoms with Gasteiger partial charge in [-0.05, 0) is 75.6 Å². The number of pyridine rings is 2. The normalized spacial score (nSPS) is 31.0. The van der Waals surface area contributed by atoms with Crippen LogP contribution in [0, 0.1) is 0 Å². The third-order valence-electron chi connectivity index (χ3n) is 8.04. The van der Waals surface area contributed by atoms with Crippen LogP contribution in [0.1, 0.15) is 51.4 Å². The zero-order chi connectivity index (χ0) is 18.2. The second-order valence-electron chi connectivity index (χ2n) is 9.26. The summed E-state index contributed by atoms with van der Waals surface area (Å²) in [7, 11) is 0. The Kier molecular flexibility index (Phi) is 3.10. The van der Waals surface area contributed by atoms with Crippen molar-refractivity contribution in [2.45, 2.75) is 75.5 Å². The Hall–Kier alpha value is -2.36. The minimum absolute atomic E-state index is 0.728. The highest BCUT2D eigenvalue weighted by atomic mass is 15.2. The van der Waals surface area contributed by atoms with Crippen LogP contribution in [0.25, 0.3) is 21.8 Å². The summed E-state index contributed by atoms with van der Waals surface area (Å²) in [6.45, 7) is 0. The molecule has 0 aliphatic carbocycles. The van der Waals surface area contributed by atoms with Crippen molar-refractivity contribution in [1.29, 1.82) is 0 Å². The van der Waals surface area contributed by atoms with Crippen molar-refractivity contribution < 1.29 is 0 Å². The number of anilines is 2. The summed E-state index contributed by atoms with van der Waals surface area (Å²) in [4.78, 5) is 15.0. The number of benzene rings is 1. The second-order valence-corrected chi connectivity index (χ2v) is 9.26. The summed E-state index contributed by atoms with van der Waals surface area (Å²) in [5.74, 6) is 0. The van der Waals surface area contributed by atoms with Gasteiger partial charge in [0.1, 0.15) is 0 Å². The van der Waals surface area contributed by atoms with Crippen molar-refractivity contribution in [1.82, 2.24) is 9.97 Å². The van der Waals surface area contributed by atoms with E-state index in [2.05, 4.69) is 34.1 Å². The van der Waals surface area contributed by atoms with Crippen molar-refractivity contribution in [3.05, 3.63) is 36.7 Å². The van der Waals surface area contributed by atoms with Gasteiger partial charge in [-0.25, -0.2) is 0 Å². The molecule has 28 heavy (non-hydrogen) atoms. The minimum atomic E-state index is 0.728. The van der Waals surface area contributed by atoms with Crippen molar-refractivity contribution in [3.63, 3.8) is 0 Å². The number of nitrogens with zero attached hydrogens (tertiary/aromatic N) is 4. The van der Waals surface area contributed by atoms with Gasteiger partial charge < -0.3 is 9.80 Å². The van der Waals surface area contributed by atoms with E-state index in [9.17, 15) is 0 Å². The van der Waals surface area contributed by atoms with Crippen molar-refractivity contribution >= 4 is 33.2 Å². The number of hydrogen-bond acceptors (Lipinski definition) is 4. The molecule has 2 aromatic heterocycles. The first-order valence-electron chi connectivity index (χ1n) is 11.1. The molecule has 7 rings (SSSR count). The Morgan fingerprint density at radius 3 is 1.25 bits per heavy atom. The Morgan fingerprint density at radius 2 is 0.893 bits per heavy atom. The molecule has 4 saturated heterocycles. The van der Waals surface area contributed by atoms with Crippen molar-refractivity contribution in [2.24, 2.45) is 0 Å². The third kappa shape index (κ3) is 1.96. The zero-order valence-corrected chi connectivity index (χ0v) is 16.2. The lowest BCUT2D eigenvalue weighted by Crippen LogP contribution is -2.28. The van der Waals surface area contributed by atoms with Crippen LogP contribution in [0.4, 0.5) is 11.4 Å². The molecule has 4 fully saturated rings. The molecule has 0 spiro atoms. The first kappa shape index (κ1) is 15.5. The molecule has 4 aliphatic rings. The number of aromatic nitrogens is 2. The van der Waals surface area contributed by atoms with E-state index in [0.29, 0.717) is 0 Å². The van der Waals surface area contributed by atoms with Crippen LogP contribution in [-0.4, -0.2) is 34.1 Å². The average Bonchev–Trinajstić information content (AvgIpc) is 3.53. The first-order valence-corrected chi connectivity index (χ1v) is 11.1. The van der Waals surface area contributed by atoms with E-state index in [0.717, 1.165) is 35.2 Å². The molecule has 3 aromatic rings. The molecule has 142 valence electrons. The highest BCUT2D eigenvalue weighted by Crippen LogP contribution is 2.46. The number of fused-ring (bicyclic) bond motifs is 7. The third-order valence-corrected chi connectivity index (χ3v) is 8.04. The highest BCUT2D eigenvalue weighted by molar-refractivity contribution is 6.10. The van der Waals surface area contributed by atoms with Crippen LogP contribution in [0.5, 0.6) is 0 Å². The molecule has 4 bridgehead atoms. The van der Waals surface area contributed by atoms with Gasteiger partial charge in [0.05, 0.1) is 11.0 Å². The second kappa shape index (κ2) is 5.59. The maximum atomic E-state index is 4.83. The van der Waals surface area contributed by atoms with E-state index in [4.69, 9.17) is 9.97 Å². The monoisotopic (exact) mass is 370 g/mol. The fourth-order valence-electron chi connectivity index (χ4n) is 6.86. The lowest BCUT2D eigenvalue weighted by molar-refractivity contribution is 0.576. The molecule has 0 N–H and O–H groups in total. The maximum absolute atomic E-state index is 4.83. The summed E-state index contributed by atoms with van der Waals surface area (Å²) in [6, 6.07) is 12.0. The van der Waals surface area contributed by atoms with Crippen LogP contribution in [0.15, 0.2) is 36.7 Å². The fraction of sp³-hybridized carbons (Fsp3) is 0.500. The maximum Gasteiger partial charge on any atom is 0.0986 e. The Morgan fingerprint density at radius 1 is 0.536 bits per heavy atom. The van der Waals surface area contributed by atoms with Gasteiger partial charge in [-0.15, -0.1) is 0 Å². The van der Waals surface area contributed by atoms with Gasteiger partial charge >= 0.3 is 0 Å². The van der Waals surface area contributed by atoms with Crippen LogP contribution in [-0.2, 0) is 0 Å². The predicted molar refractivity (Wildman–Crippen MR) is 114 cm³/mol. The summed E-state index contributed by atoms with van der Waals surface area (Å²) in [5, 5.41) is 2.56. The molecule has 1 aromatic carbocycles. The van der Waals surface area contributed by atoms with E-state index in [1.165, 1.54) is 73.5 Å². The van der Waals surface area contributed by atoms with Gasteiger partial charge in [-0.2, -0.15) is 0 Å². The Bertz CT molecular complexity index is 966. The topological polar surface area (TPSA) is 32.3 Å². The Labute approximate surface area is 165 Å². The molecule has 4 nitrogen and oxygen atoms in total. The summed E-state index contributed by atoms with van der Waals surface area (Å²) >= 11 is 0. The first-order chi connectivity index (χ1) is 13.9. The quantitative estimate of drug-likeness (QED) is 0.591. The summed E-state index contributed by atoms with van der Waals surface area (Å²) in [5.41, 5.74) is 4.92. The predicted octanol–water partition coefficient (Wildman–Crippen LogP) is 5.05. The van der Waals surface area contributed by atoms with Crippen molar-refractivity contribution in [2.75, 3.05) is 9.80 Å². The number of hydrogen-bond donors (Lipinski definition) is 0. The van der Waals surface area contributed by atoms with E-state index < -0.39 is 0 Å². The van der Waals surface area contributed by atoms with Crippen LogP contribution in [0.2, 0.25) is 0 Å². The molecular weight excluding hydrogens is 344 g/mol. The largest absolute Gasteiger partial charge is 0.365 e. The van der Waals surface area contributed by atoms with E-state index >= 15 is 0 Å². The molecule has 0 radical (unpaired) electrons. The van der Waals surface area contributed by atoms with Gasteiger partial charge in [-0.1, -0.05) is 0 Å². The SMILES string of the molecule is c1cc(N2C3CCC2CC3)c2ccc3c(N4C5CCC4CC5)ccnc3c2n1. The average molecular weight is 371 g/mol. The molecule has 0 atom stereocenters. The fourth-order valence-corrected chi connectivity index (χ4v) is 6.86. The zero-order valence-electron chi connectivity index (χ0n) is 16.2. The number of rotatable bonds is 2. The van der Waals surface area contributed by atoms with Gasteiger partial charge in [0, 0.05) is 58.7 Å². The van der Waals surface area contributed by atoms with Gasteiger partial charge in [0.2, 0.25) is 0 Å². The molecule has 4 heteroatoms.